The second-order valence-corrected chi connectivity index (χ2v) is 5.23. The summed E-state index contributed by atoms with van der Waals surface area (Å²) in [6.07, 6.45) is 3.06. The molecule has 19 heavy (non-hydrogen) atoms. The van der Waals surface area contributed by atoms with Gasteiger partial charge in [0.2, 0.25) is 0 Å². The van der Waals surface area contributed by atoms with Crippen LogP contribution in [0, 0.1) is 23.6 Å². The van der Waals surface area contributed by atoms with E-state index in [1.54, 1.807) is 0 Å². The molecular formula is C16H20FNO. The minimum atomic E-state index is -0.293. The second kappa shape index (κ2) is 6.70. The van der Waals surface area contributed by atoms with Gasteiger partial charge in [0.25, 0.3) is 0 Å². The molecule has 2 nitrogen and oxygen atoms in total. The maximum absolute atomic E-state index is 13.6. The van der Waals surface area contributed by atoms with Crippen molar-refractivity contribution in [1.29, 1.82) is 0 Å². The highest BCUT2D eigenvalue weighted by Gasteiger charge is 2.22. The molecule has 0 spiro atoms. The highest BCUT2D eigenvalue weighted by Crippen LogP contribution is 2.29. The van der Waals surface area contributed by atoms with E-state index in [4.69, 9.17) is 5.11 Å². The normalized spacial score (nSPS) is 14.3. The Balaban J connectivity index is 2.00. The minimum Gasteiger partial charge on any atom is -0.395 e. The van der Waals surface area contributed by atoms with Crippen molar-refractivity contribution in [3.63, 3.8) is 0 Å². The van der Waals surface area contributed by atoms with Gasteiger partial charge in [0, 0.05) is 19.5 Å². The first-order chi connectivity index (χ1) is 9.19. The van der Waals surface area contributed by atoms with Gasteiger partial charge in [0.1, 0.15) is 5.82 Å². The minimum absolute atomic E-state index is 0.0123. The third-order valence-electron chi connectivity index (χ3n) is 3.21. The van der Waals surface area contributed by atoms with Crippen molar-refractivity contribution in [3.8, 4) is 11.8 Å². The summed E-state index contributed by atoms with van der Waals surface area (Å²) in [7, 11) is 2.10. The molecule has 0 bridgehead atoms. The molecule has 0 aromatic heterocycles. The fraction of sp³-hybridized carbons (Fsp3) is 0.500. The molecular weight excluding hydrogens is 241 g/mol. The molecule has 0 saturated heterocycles. The van der Waals surface area contributed by atoms with Crippen LogP contribution in [0.1, 0.15) is 30.4 Å². The van der Waals surface area contributed by atoms with E-state index in [1.165, 1.54) is 18.9 Å². The lowest BCUT2D eigenvalue weighted by atomic mass is 10.1. The molecule has 0 aliphatic heterocycles. The van der Waals surface area contributed by atoms with Crippen molar-refractivity contribution >= 4 is 0 Å². The van der Waals surface area contributed by atoms with Crippen LogP contribution in [-0.4, -0.2) is 30.2 Å². The fourth-order valence-electron chi connectivity index (χ4n) is 2.10. The molecule has 1 fully saturated rings. The van der Waals surface area contributed by atoms with Crippen LogP contribution in [0.2, 0.25) is 0 Å². The third kappa shape index (κ3) is 4.66. The van der Waals surface area contributed by atoms with Gasteiger partial charge in [0.05, 0.1) is 12.2 Å². The van der Waals surface area contributed by atoms with Crippen molar-refractivity contribution in [2.24, 2.45) is 5.92 Å². The summed E-state index contributed by atoms with van der Waals surface area (Å²) >= 11 is 0. The Labute approximate surface area is 114 Å². The van der Waals surface area contributed by atoms with Crippen LogP contribution in [0.3, 0.4) is 0 Å². The molecule has 102 valence electrons. The summed E-state index contributed by atoms with van der Waals surface area (Å²) in [6, 6.07) is 5.10. The fourth-order valence-corrected chi connectivity index (χ4v) is 2.10. The Morgan fingerprint density at radius 2 is 2.21 bits per heavy atom. The topological polar surface area (TPSA) is 23.5 Å². The zero-order valence-corrected chi connectivity index (χ0v) is 11.3. The average molecular weight is 261 g/mol. The van der Waals surface area contributed by atoms with Gasteiger partial charge in [-0.3, -0.25) is 0 Å². The maximum atomic E-state index is 13.6. The summed E-state index contributed by atoms with van der Waals surface area (Å²) in [4.78, 5) is 2.27. The van der Waals surface area contributed by atoms with E-state index in [2.05, 4.69) is 23.8 Å². The first-order valence-electron chi connectivity index (χ1n) is 6.75. The summed E-state index contributed by atoms with van der Waals surface area (Å²) in [5.74, 6) is 6.10. The van der Waals surface area contributed by atoms with Crippen molar-refractivity contribution in [2.45, 2.75) is 25.8 Å². The number of rotatable bonds is 5. The van der Waals surface area contributed by atoms with E-state index in [-0.39, 0.29) is 12.4 Å². The predicted molar refractivity (Wildman–Crippen MR) is 74.0 cm³/mol. The first-order valence-corrected chi connectivity index (χ1v) is 6.75. The lowest BCUT2D eigenvalue weighted by Gasteiger charge is -2.16. The molecule has 1 aliphatic carbocycles. The number of hydrogen-bond donors (Lipinski definition) is 1. The Morgan fingerprint density at radius 3 is 2.89 bits per heavy atom. The lowest BCUT2D eigenvalue weighted by molar-refractivity contribution is 0.305. The van der Waals surface area contributed by atoms with Crippen molar-refractivity contribution in [2.75, 3.05) is 20.2 Å². The highest BCUT2D eigenvalue weighted by molar-refractivity contribution is 5.38. The van der Waals surface area contributed by atoms with Crippen LogP contribution >= 0.6 is 0 Å². The van der Waals surface area contributed by atoms with Gasteiger partial charge in [-0.15, -0.1) is 0 Å². The van der Waals surface area contributed by atoms with Gasteiger partial charge in [-0.2, -0.15) is 0 Å². The van der Waals surface area contributed by atoms with Crippen LogP contribution in [0.5, 0.6) is 0 Å². The summed E-state index contributed by atoms with van der Waals surface area (Å²) in [5.41, 5.74) is 1.50. The predicted octanol–water partition coefficient (Wildman–Crippen LogP) is 2.40. The second-order valence-electron chi connectivity index (χ2n) is 5.23. The monoisotopic (exact) mass is 261 g/mol. The van der Waals surface area contributed by atoms with Gasteiger partial charge in [-0.1, -0.05) is 17.9 Å². The van der Waals surface area contributed by atoms with Crippen LogP contribution in [0.15, 0.2) is 18.2 Å². The molecule has 1 saturated carbocycles. The smallest absolute Gasteiger partial charge is 0.138 e. The summed E-state index contributed by atoms with van der Waals surface area (Å²) in [5, 5.41) is 8.67. The van der Waals surface area contributed by atoms with E-state index in [0.717, 1.165) is 24.6 Å². The number of halogens is 1. The molecule has 2 rings (SSSR count). The number of nitrogens with zero attached hydrogens (tertiary/aromatic N) is 1. The van der Waals surface area contributed by atoms with Gasteiger partial charge < -0.3 is 10.0 Å². The number of benzene rings is 1. The van der Waals surface area contributed by atoms with E-state index in [0.29, 0.717) is 12.0 Å². The van der Waals surface area contributed by atoms with Crippen LogP contribution in [0.4, 0.5) is 4.39 Å². The van der Waals surface area contributed by atoms with Crippen molar-refractivity contribution in [3.05, 3.63) is 35.1 Å². The first kappa shape index (κ1) is 14.0. The van der Waals surface area contributed by atoms with Gasteiger partial charge in [-0.25, -0.2) is 4.39 Å². The largest absolute Gasteiger partial charge is 0.395 e. The molecule has 0 heterocycles. The molecule has 1 aliphatic rings. The number of aliphatic hydroxyl groups is 1. The van der Waals surface area contributed by atoms with Crippen LogP contribution in [-0.2, 0) is 6.54 Å². The molecule has 1 aromatic rings. The SMILES string of the molecule is CN(Cc1ccc(F)c(C#CCCO)c1)CC1CC1. The zero-order valence-electron chi connectivity index (χ0n) is 11.3. The standard InChI is InChI=1S/C16H20FNO/c1-18(11-13-5-6-13)12-14-7-8-16(17)15(10-14)4-2-3-9-19/h7-8,10,13,19H,3,5-6,9,11-12H2,1H3. The molecule has 3 heteroatoms. The highest BCUT2D eigenvalue weighted by atomic mass is 19.1. The Kier molecular flexibility index (Phi) is 4.95. The quantitative estimate of drug-likeness (QED) is 0.823. The van der Waals surface area contributed by atoms with E-state index in [9.17, 15) is 4.39 Å². The Bertz CT molecular complexity index is 485. The summed E-state index contributed by atoms with van der Waals surface area (Å²) < 4.78 is 13.6. The van der Waals surface area contributed by atoms with Gasteiger partial charge >= 0.3 is 0 Å². The Morgan fingerprint density at radius 1 is 1.42 bits per heavy atom. The Hall–Kier alpha value is -1.37. The zero-order chi connectivity index (χ0) is 13.7. The van der Waals surface area contributed by atoms with Gasteiger partial charge in [-0.05, 0) is 43.5 Å². The lowest BCUT2D eigenvalue weighted by Crippen LogP contribution is -2.20. The third-order valence-corrected chi connectivity index (χ3v) is 3.21. The van der Waals surface area contributed by atoms with E-state index < -0.39 is 0 Å². The van der Waals surface area contributed by atoms with Crippen molar-refractivity contribution < 1.29 is 9.50 Å². The van der Waals surface area contributed by atoms with Gasteiger partial charge in [0.15, 0.2) is 0 Å². The van der Waals surface area contributed by atoms with E-state index in [1.807, 2.05) is 12.1 Å². The maximum Gasteiger partial charge on any atom is 0.138 e. The molecule has 1 N–H and O–H groups in total. The number of hydrogen-bond acceptors (Lipinski definition) is 2. The summed E-state index contributed by atoms with van der Waals surface area (Å²) in [6.45, 7) is 1.95. The van der Waals surface area contributed by atoms with Crippen LogP contribution < -0.4 is 0 Å². The van der Waals surface area contributed by atoms with Crippen LogP contribution in [0.25, 0.3) is 0 Å². The molecule has 0 unspecified atom stereocenters. The van der Waals surface area contributed by atoms with Crippen molar-refractivity contribution in [1.82, 2.24) is 4.90 Å². The average Bonchev–Trinajstić information content (AvgIpc) is 3.17. The molecule has 1 aromatic carbocycles. The molecule has 0 amide bonds. The molecule has 0 radical (unpaired) electrons. The number of aliphatic hydroxyl groups excluding tert-OH is 1. The molecule has 0 atom stereocenters. The van der Waals surface area contributed by atoms with E-state index >= 15 is 0 Å².